The van der Waals surface area contributed by atoms with Crippen LogP contribution in [0, 0.1) is 17.6 Å². The summed E-state index contributed by atoms with van der Waals surface area (Å²) >= 11 is 0. The van der Waals surface area contributed by atoms with Crippen molar-refractivity contribution >= 4 is 13.8 Å². The Morgan fingerprint density at radius 2 is 1.96 bits per heavy atom. The number of likely N-dealkylation sites (tertiary alicyclic amines) is 1. The molecule has 1 heterocycles. The van der Waals surface area contributed by atoms with Gasteiger partial charge in [0.1, 0.15) is 5.54 Å². The third-order valence-electron chi connectivity index (χ3n) is 5.15. The molecule has 0 aliphatic carbocycles. The zero-order valence-corrected chi connectivity index (χ0v) is 14.4. The monoisotopic (exact) mass is 350 g/mol. The predicted octanol–water partition coefficient (Wildman–Crippen LogP) is 2.72. The van der Waals surface area contributed by atoms with E-state index in [1.54, 1.807) is 6.07 Å². The van der Waals surface area contributed by atoms with Gasteiger partial charge in [0.05, 0.1) is 7.85 Å². The molecule has 0 spiro atoms. The molecular weight excluding hydrogens is 325 g/mol. The third kappa shape index (κ3) is 5.01. The maximum Gasteiger partial charge on any atom is 0.323 e. The van der Waals surface area contributed by atoms with Crippen molar-refractivity contribution in [2.45, 2.75) is 50.5 Å². The molecule has 1 saturated heterocycles. The number of hydrogen-bond donors (Lipinski definition) is 2. The highest BCUT2D eigenvalue weighted by molar-refractivity contribution is 6.08. The van der Waals surface area contributed by atoms with Gasteiger partial charge in [0.15, 0.2) is 11.6 Å². The number of nitrogens with zero attached hydrogens (tertiary/aromatic N) is 1. The molecule has 1 aromatic rings. The number of unbranched alkanes of at least 4 members (excludes halogenated alkanes) is 1. The minimum atomic E-state index is -1.22. The highest BCUT2D eigenvalue weighted by atomic mass is 19.2. The first kappa shape index (κ1) is 19.9. The lowest BCUT2D eigenvalue weighted by molar-refractivity contribution is -0.147. The van der Waals surface area contributed by atoms with Crippen LogP contribution in [0.5, 0.6) is 0 Å². The Morgan fingerprint density at radius 3 is 2.52 bits per heavy atom. The van der Waals surface area contributed by atoms with Gasteiger partial charge in [-0.15, -0.1) is 0 Å². The molecule has 1 atom stereocenters. The van der Waals surface area contributed by atoms with Crippen molar-refractivity contribution in [1.82, 2.24) is 4.90 Å². The normalized spacial score (nSPS) is 18.8. The Balaban J connectivity index is 1.92. The molecular formula is C18H25BF2N2O2. The quantitative estimate of drug-likeness (QED) is 0.559. The number of carbonyl (C=O) groups is 1. The molecule has 2 rings (SSSR count). The first-order valence-corrected chi connectivity index (χ1v) is 8.75. The predicted molar refractivity (Wildman–Crippen MR) is 93.3 cm³/mol. The van der Waals surface area contributed by atoms with Crippen LogP contribution in [0.1, 0.15) is 37.7 Å². The number of hydrogen-bond acceptors (Lipinski definition) is 3. The van der Waals surface area contributed by atoms with E-state index in [1.165, 1.54) is 6.07 Å². The second-order valence-corrected chi connectivity index (χ2v) is 6.89. The first-order chi connectivity index (χ1) is 11.9. The molecule has 1 aliphatic rings. The van der Waals surface area contributed by atoms with E-state index in [0.717, 1.165) is 12.5 Å². The van der Waals surface area contributed by atoms with Gasteiger partial charge in [-0.05, 0) is 56.0 Å². The topological polar surface area (TPSA) is 66.6 Å². The summed E-state index contributed by atoms with van der Waals surface area (Å²) in [5, 5.41) is 9.59. The molecule has 25 heavy (non-hydrogen) atoms. The molecule has 1 unspecified atom stereocenters. The minimum absolute atomic E-state index is 0.0935. The summed E-state index contributed by atoms with van der Waals surface area (Å²) in [6, 6.07) is 3.91. The standard InChI is InChI=1S/C18H25BF2N2O2/c19-8-2-1-7-18(22,17(24)25)14-5-9-23(10-6-14)12-13-3-4-15(20)16(21)11-13/h3-4,11,14H,1-2,5-10,12,22H2,(H,24,25). The van der Waals surface area contributed by atoms with Crippen LogP contribution in [-0.4, -0.2) is 42.5 Å². The number of rotatable bonds is 8. The van der Waals surface area contributed by atoms with Gasteiger partial charge in [-0.25, -0.2) is 8.78 Å². The molecule has 4 nitrogen and oxygen atoms in total. The van der Waals surface area contributed by atoms with Crippen LogP contribution in [0.3, 0.4) is 0 Å². The van der Waals surface area contributed by atoms with Crippen molar-refractivity contribution < 1.29 is 18.7 Å². The Morgan fingerprint density at radius 1 is 1.28 bits per heavy atom. The highest BCUT2D eigenvalue weighted by Gasteiger charge is 2.42. The molecule has 136 valence electrons. The Hall–Kier alpha value is -1.47. The van der Waals surface area contributed by atoms with E-state index in [1.807, 2.05) is 0 Å². The summed E-state index contributed by atoms with van der Waals surface area (Å²) < 4.78 is 26.3. The molecule has 2 radical (unpaired) electrons. The van der Waals surface area contributed by atoms with Crippen molar-refractivity contribution in [3.05, 3.63) is 35.4 Å². The molecule has 0 amide bonds. The number of nitrogens with two attached hydrogens (primary N) is 1. The molecule has 0 saturated carbocycles. The van der Waals surface area contributed by atoms with E-state index in [9.17, 15) is 18.7 Å². The molecule has 3 N–H and O–H groups in total. The van der Waals surface area contributed by atoms with Gasteiger partial charge in [-0.2, -0.15) is 0 Å². The number of benzene rings is 1. The van der Waals surface area contributed by atoms with Crippen molar-refractivity contribution in [2.75, 3.05) is 13.1 Å². The van der Waals surface area contributed by atoms with Crippen molar-refractivity contribution in [3.63, 3.8) is 0 Å². The lowest BCUT2D eigenvalue weighted by atomic mass is 9.75. The van der Waals surface area contributed by atoms with Gasteiger partial charge in [-0.1, -0.05) is 25.2 Å². The number of halogens is 2. The number of aliphatic carboxylic acids is 1. The van der Waals surface area contributed by atoms with E-state index in [2.05, 4.69) is 4.90 Å². The third-order valence-corrected chi connectivity index (χ3v) is 5.15. The maximum absolute atomic E-state index is 13.3. The fraction of sp³-hybridized carbons (Fsp3) is 0.611. The zero-order valence-electron chi connectivity index (χ0n) is 14.4. The van der Waals surface area contributed by atoms with E-state index in [-0.39, 0.29) is 5.92 Å². The van der Waals surface area contributed by atoms with E-state index < -0.39 is 23.1 Å². The van der Waals surface area contributed by atoms with Crippen LogP contribution < -0.4 is 5.73 Å². The fourth-order valence-electron chi connectivity index (χ4n) is 3.55. The van der Waals surface area contributed by atoms with Gasteiger partial charge in [0, 0.05) is 6.54 Å². The van der Waals surface area contributed by atoms with Crippen molar-refractivity contribution in [2.24, 2.45) is 11.7 Å². The average molecular weight is 350 g/mol. The summed E-state index contributed by atoms with van der Waals surface area (Å²) in [5.74, 6) is -2.75. The molecule has 1 aromatic carbocycles. The smallest absolute Gasteiger partial charge is 0.323 e. The second-order valence-electron chi connectivity index (χ2n) is 6.89. The van der Waals surface area contributed by atoms with Gasteiger partial charge < -0.3 is 10.8 Å². The van der Waals surface area contributed by atoms with Gasteiger partial charge in [0.25, 0.3) is 0 Å². The Bertz CT molecular complexity index is 594. The molecule has 0 aromatic heterocycles. The van der Waals surface area contributed by atoms with Crippen molar-refractivity contribution in [1.29, 1.82) is 0 Å². The highest BCUT2D eigenvalue weighted by Crippen LogP contribution is 2.31. The summed E-state index contributed by atoms with van der Waals surface area (Å²) in [6.45, 7) is 1.89. The van der Waals surface area contributed by atoms with Crippen LogP contribution in [-0.2, 0) is 11.3 Å². The maximum atomic E-state index is 13.3. The largest absolute Gasteiger partial charge is 0.480 e. The summed E-state index contributed by atoms with van der Waals surface area (Å²) in [6.07, 6.45) is 3.77. The van der Waals surface area contributed by atoms with Gasteiger partial charge in [-0.3, -0.25) is 9.69 Å². The number of carboxylic acid groups (broad SMARTS) is 1. The molecule has 1 fully saturated rings. The van der Waals surface area contributed by atoms with E-state index >= 15 is 0 Å². The van der Waals surface area contributed by atoms with E-state index in [0.29, 0.717) is 57.2 Å². The summed E-state index contributed by atoms with van der Waals surface area (Å²) in [7, 11) is 5.48. The number of piperidine rings is 1. The van der Waals surface area contributed by atoms with Crippen molar-refractivity contribution in [3.8, 4) is 0 Å². The lowest BCUT2D eigenvalue weighted by Gasteiger charge is -2.40. The molecule has 1 aliphatic heterocycles. The van der Waals surface area contributed by atoms with Crippen LogP contribution in [0.15, 0.2) is 18.2 Å². The van der Waals surface area contributed by atoms with Crippen LogP contribution in [0.2, 0.25) is 6.32 Å². The van der Waals surface area contributed by atoms with Crippen LogP contribution in [0.25, 0.3) is 0 Å². The number of carboxylic acids is 1. The first-order valence-electron chi connectivity index (χ1n) is 8.75. The van der Waals surface area contributed by atoms with Gasteiger partial charge in [0.2, 0.25) is 0 Å². The summed E-state index contributed by atoms with van der Waals surface area (Å²) in [5.41, 5.74) is 5.73. The fourth-order valence-corrected chi connectivity index (χ4v) is 3.55. The SMILES string of the molecule is [B]CCCCC(N)(C(=O)O)C1CCN(Cc2ccc(F)c(F)c2)CC1. The average Bonchev–Trinajstić information content (AvgIpc) is 2.59. The Labute approximate surface area is 148 Å². The summed E-state index contributed by atoms with van der Waals surface area (Å²) in [4.78, 5) is 13.8. The van der Waals surface area contributed by atoms with Gasteiger partial charge >= 0.3 is 5.97 Å². The molecule has 0 bridgehead atoms. The molecule has 7 heteroatoms. The Kier molecular flexibility index (Phi) is 6.96. The van der Waals surface area contributed by atoms with Crippen LogP contribution >= 0.6 is 0 Å². The lowest BCUT2D eigenvalue weighted by Crippen LogP contribution is -2.56. The van der Waals surface area contributed by atoms with E-state index in [4.69, 9.17) is 13.6 Å². The van der Waals surface area contributed by atoms with Crippen LogP contribution in [0.4, 0.5) is 8.78 Å². The zero-order chi connectivity index (χ0) is 18.4. The second kappa shape index (κ2) is 8.76. The minimum Gasteiger partial charge on any atom is -0.480 e.